The minimum atomic E-state index is -2.89. The highest BCUT2D eigenvalue weighted by Crippen LogP contribution is 2.32. The van der Waals surface area contributed by atoms with Crippen molar-refractivity contribution >= 4 is 21.4 Å². The molecule has 6 heteroatoms. The molecule has 132 valence electrons. The highest BCUT2D eigenvalue weighted by Gasteiger charge is 2.33. The predicted octanol–water partition coefficient (Wildman–Crippen LogP) is 1.86. The van der Waals surface area contributed by atoms with Gasteiger partial charge in [0.15, 0.2) is 9.84 Å². The molecule has 24 heavy (non-hydrogen) atoms. The van der Waals surface area contributed by atoms with Gasteiger partial charge in [-0.2, -0.15) is 0 Å². The lowest BCUT2D eigenvalue weighted by Crippen LogP contribution is -2.41. The first-order chi connectivity index (χ1) is 11.4. The fourth-order valence-electron chi connectivity index (χ4n) is 3.97. The van der Waals surface area contributed by atoms with Crippen molar-refractivity contribution in [3.8, 4) is 0 Å². The minimum absolute atomic E-state index is 0.0658. The Morgan fingerprint density at radius 3 is 2.75 bits per heavy atom. The van der Waals surface area contributed by atoms with E-state index in [0.29, 0.717) is 19.4 Å². The first kappa shape index (κ1) is 17.4. The van der Waals surface area contributed by atoms with Crippen molar-refractivity contribution in [3.05, 3.63) is 29.8 Å². The molecule has 1 fully saturated rings. The first-order valence-electron chi connectivity index (χ1n) is 8.75. The highest BCUT2D eigenvalue weighted by atomic mass is 32.2. The zero-order valence-electron chi connectivity index (χ0n) is 14.4. The van der Waals surface area contributed by atoms with Crippen LogP contribution in [0.5, 0.6) is 0 Å². The Bertz CT molecular complexity index is 717. The topological polar surface area (TPSA) is 57.7 Å². The molecule has 0 N–H and O–H groups in total. The Kier molecular flexibility index (Phi) is 4.97. The quantitative estimate of drug-likeness (QED) is 0.813. The normalized spacial score (nSPS) is 25.2. The summed E-state index contributed by atoms with van der Waals surface area (Å²) in [7, 11) is -2.89. The number of rotatable bonds is 5. The summed E-state index contributed by atoms with van der Waals surface area (Å²) in [5.41, 5.74) is 2.26. The maximum atomic E-state index is 12.8. The van der Waals surface area contributed by atoms with Crippen molar-refractivity contribution in [3.63, 3.8) is 0 Å². The number of amides is 1. The lowest BCUT2D eigenvalue weighted by molar-refractivity contribution is -0.119. The number of para-hydroxylation sites is 1. The van der Waals surface area contributed by atoms with Gasteiger partial charge < -0.3 is 4.90 Å². The summed E-state index contributed by atoms with van der Waals surface area (Å²) in [6.45, 7) is 5.52. The molecule has 2 atom stereocenters. The van der Waals surface area contributed by atoms with Gasteiger partial charge in [0.1, 0.15) is 0 Å². The third-order valence-electron chi connectivity index (χ3n) is 5.22. The molecule has 0 aromatic heterocycles. The van der Waals surface area contributed by atoms with Crippen LogP contribution in [0.3, 0.4) is 0 Å². The van der Waals surface area contributed by atoms with E-state index in [2.05, 4.69) is 17.9 Å². The summed E-state index contributed by atoms with van der Waals surface area (Å²) in [4.78, 5) is 16.8. The summed E-state index contributed by atoms with van der Waals surface area (Å²) < 4.78 is 23.4. The smallest absolute Gasteiger partial charge is 0.228 e. The van der Waals surface area contributed by atoms with E-state index in [1.54, 1.807) is 0 Å². The monoisotopic (exact) mass is 350 g/mol. The molecule has 1 amide bonds. The number of hydrogen-bond donors (Lipinski definition) is 0. The molecule has 0 spiro atoms. The second-order valence-corrected chi connectivity index (χ2v) is 9.11. The number of carbonyl (C=O) groups excluding carboxylic acids is 1. The Morgan fingerprint density at radius 1 is 1.33 bits per heavy atom. The second-order valence-electron chi connectivity index (χ2n) is 6.88. The fourth-order valence-corrected chi connectivity index (χ4v) is 5.73. The molecule has 5 nitrogen and oxygen atoms in total. The molecule has 2 aliphatic heterocycles. The van der Waals surface area contributed by atoms with Crippen LogP contribution in [0.2, 0.25) is 0 Å². The van der Waals surface area contributed by atoms with E-state index in [1.807, 2.05) is 30.0 Å². The van der Waals surface area contributed by atoms with E-state index in [0.717, 1.165) is 18.7 Å². The molecule has 3 rings (SSSR count). The van der Waals surface area contributed by atoms with Crippen LogP contribution in [0, 0.1) is 0 Å². The predicted molar refractivity (Wildman–Crippen MR) is 96.0 cm³/mol. The molecule has 2 aliphatic rings. The minimum Gasteiger partial charge on any atom is -0.309 e. The fraction of sp³-hybridized carbons (Fsp3) is 0.611. The van der Waals surface area contributed by atoms with Crippen LogP contribution in [-0.2, 0) is 21.1 Å². The third kappa shape index (κ3) is 3.49. The zero-order chi connectivity index (χ0) is 17.3. The number of anilines is 1. The SMILES string of the molecule is CCN(CCC(=O)N1c2ccccc2CC1C)C1CCS(=O)(=O)C1. The van der Waals surface area contributed by atoms with Crippen LogP contribution in [0.15, 0.2) is 24.3 Å². The first-order valence-corrected chi connectivity index (χ1v) is 10.6. The summed E-state index contributed by atoms with van der Waals surface area (Å²) >= 11 is 0. The lowest BCUT2D eigenvalue weighted by atomic mass is 10.1. The molecule has 0 bridgehead atoms. The van der Waals surface area contributed by atoms with Gasteiger partial charge in [-0.05, 0) is 37.9 Å². The summed E-state index contributed by atoms with van der Waals surface area (Å²) in [6, 6.07) is 8.34. The van der Waals surface area contributed by atoms with Crippen LogP contribution >= 0.6 is 0 Å². The summed E-state index contributed by atoms with van der Waals surface area (Å²) in [6.07, 6.45) is 2.02. The van der Waals surface area contributed by atoms with Gasteiger partial charge in [-0.3, -0.25) is 9.69 Å². The molecule has 1 aromatic rings. The molecule has 2 unspecified atom stereocenters. The van der Waals surface area contributed by atoms with E-state index in [-0.39, 0.29) is 29.5 Å². The molecule has 2 heterocycles. The lowest BCUT2D eigenvalue weighted by Gasteiger charge is -2.28. The maximum Gasteiger partial charge on any atom is 0.228 e. The summed E-state index contributed by atoms with van der Waals surface area (Å²) in [5.74, 6) is 0.642. The van der Waals surface area contributed by atoms with E-state index in [9.17, 15) is 13.2 Å². The average molecular weight is 350 g/mol. The molecule has 0 saturated carbocycles. The third-order valence-corrected chi connectivity index (χ3v) is 6.97. The van der Waals surface area contributed by atoms with Crippen molar-refractivity contribution < 1.29 is 13.2 Å². The van der Waals surface area contributed by atoms with Crippen LogP contribution in [0.1, 0.15) is 32.3 Å². The van der Waals surface area contributed by atoms with E-state index < -0.39 is 9.84 Å². The largest absolute Gasteiger partial charge is 0.309 e. The Labute approximate surface area is 144 Å². The van der Waals surface area contributed by atoms with E-state index >= 15 is 0 Å². The zero-order valence-corrected chi connectivity index (χ0v) is 15.3. The van der Waals surface area contributed by atoms with Crippen molar-refractivity contribution in [2.75, 3.05) is 29.5 Å². The number of benzene rings is 1. The Hall–Kier alpha value is -1.40. The molecule has 1 aromatic carbocycles. The Balaban J connectivity index is 1.63. The number of sulfone groups is 1. The van der Waals surface area contributed by atoms with Crippen molar-refractivity contribution in [1.29, 1.82) is 0 Å². The van der Waals surface area contributed by atoms with E-state index in [4.69, 9.17) is 0 Å². The van der Waals surface area contributed by atoms with Gasteiger partial charge in [0.25, 0.3) is 0 Å². The molecule has 0 radical (unpaired) electrons. The number of nitrogens with zero attached hydrogens (tertiary/aromatic N) is 2. The van der Waals surface area contributed by atoms with Gasteiger partial charge in [-0.1, -0.05) is 25.1 Å². The standard InChI is InChI=1S/C18H26N2O3S/c1-3-19(16-9-11-24(22,23)13-16)10-8-18(21)20-14(2)12-15-6-4-5-7-17(15)20/h4-7,14,16H,3,8-13H2,1-2H3. The van der Waals surface area contributed by atoms with Gasteiger partial charge >= 0.3 is 0 Å². The number of hydrogen-bond acceptors (Lipinski definition) is 4. The van der Waals surface area contributed by atoms with Crippen molar-refractivity contribution in [2.45, 2.75) is 45.2 Å². The van der Waals surface area contributed by atoms with Gasteiger partial charge in [-0.25, -0.2) is 8.42 Å². The van der Waals surface area contributed by atoms with Crippen molar-refractivity contribution in [1.82, 2.24) is 4.90 Å². The molecular formula is C18H26N2O3S. The van der Waals surface area contributed by atoms with E-state index in [1.165, 1.54) is 5.56 Å². The van der Waals surface area contributed by atoms with Crippen LogP contribution in [0.25, 0.3) is 0 Å². The Morgan fingerprint density at radius 2 is 2.08 bits per heavy atom. The van der Waals surface area contributed by atoms with Gasteiger partial charge in [0.05, 0.1) is 11.5 Å². The van der Waals surface area contributed by atoms with Gasteiger partial charge in [0.2, 0.25) is 5.91 Å². The average Bonchev–Trinajstić information content (AvgIpc) is 3.06. The number of carbonyl (C=O) groups is 1. The maximum absolute atomic E-state index is 12.8. The summed E-state index contributed by atoms with van der Waals surface area (Å²) in [5, 5.41) is 0. The van der Waals surface area contributed by atoms with Gasteiger partial charge in [-0.15, -0.1) is 0 Å². The van der Waals surface area contributed by atoms with Crippen LogP contribution in [-0.4, -0.2) is 55.9 Å². The molecular weight excluding hydrogens is 324 g/mol. The second kappa shape index (κ2) is 6.84. The van der Waals surface area contributed by atoms with Crippen LogP contribution in [0.4, 0.5) is 5.69 Å². The highest BCUT2D eigenvalue weighted by molar-refractivity contribution is 7.91. The van der Waals surface area contributed by atoms with Crippen LogP contribution < -0.4 is 4.90 Å². The molecule has 0 aliphatic carbocycles. The number of fused-ring (bicyclic) bond motifs is 1. The van der Waals surface area contributed by atoms with Crippen molar-refractivity contribution in [2.24, 2.45) is 0 Å². The molecule has 1 saturated heterocycles. The van der Waals surface area contributed by atoms with Gasteiger partial charge in [0, 0.05) is 30.7 Å².